The molecular formula is C48H55F5N8O7S. The van der Waals surface area contributed by atoms with E-state index in [9.17, 15) is 43.4 Å². The number of ether oxygens (including phenoxy) is 2. The van der Waals surface area contributed by atoms with Gasteiger partial charge in [-0.25, -0.2) is 14.6 Å². The van der Waals surface area contributed by atoms with Crippen LogP contribution in [0, 0.1) is 11.8 Å². The van der Waals surface area contributed by atoms with E-state index in [-0.39, 0.29) is 29.5 Å². The van der Waals surface area contributed by atoms with E-state index >= 15 is 0 Å². The highest BCUT2D eigenvalue weighted by atomic mass is 32.5. The first-order chi connectivity index (χ1) is 32.5. The molecule has 5 amide bonds. The highest BCUT2D eigenvalue weighted by Crippen LogP contribution is 3.02. The summed E-state index contributed by atoms with van der Waals surface area (Å²) < 4.78 is 80.4. The number of nitrogens with zero attached hydrogens (tertiary/aromatic N) is 4. The standard InChI is InChI=1S/C48H55F5N8O7S/c1-28(2)41(56-47(65)67-5)45(63)58-44(62)40-10-8-25-59(40)33-17-15-32(16-18-33)38-24-23-37(61(38)34-19-21-35(22-20-34)69(49,50,51,52)53)31-13-11-30(12-14-31)36-27-54-43(55-36)39-9-7-26-60(39)46(64)42(29(3)4)57-48(66)68-6/h11-24,27-29,39-42H,7-10,25-26H2,1-6H3,(H,54,55)(H,56,65)(H,57,66)(H,58,62,63)/t39-,40-,41-,42-/m0/s1. The van der Waals surface area contributed by atoms with Gasteiger partial charge in [-0.3, -0.25) is 19.7 Å². The summed E-state index contributed by atoms with van der Waals surface area (Å²) in [6.45, 7) is 8.08. The van der Waals surface area contributed by atoms with E-state index < -0.39 is 57.2 Å². The minimum atomic E-state index is -9.99. The Morgan fingerprint density at radius 3 is 1.75 bits per heavy atom. The van der Waals surface area contributed by atoms with Gasteiger partial charge in [0.15, 0.2) is 0 Å². The van der Waals surface area contributed by atoms with Gasteiger partial charge in [-0.05, 0) is 103 Å². The Bertz CT molecular complexity index is 2710. The smallest absolute Gasteiger partial charge is 0.407 e. The quantitative estimate of drug-likeness (QED) is 0.0788. The van der Waals surface area contributed by atoms with Gasteiger partial charge in [0.1, 0.15) is 28.8 Å². The second-order valence-electron chi connectivity index (χ2n) is 17.8. The number of H-pyrrole nitrogens is 1. The molecule has 2 fully saturated rings. The Balaban J connectivity index is 1.15. The molecule has 0 spiro atoms. The van der Waals surface area contributed by atoms with Crippen LogP contribution in [-0.2, 0) is 23.9 Å². The Labute approximate surface area is 395 Å². The maximum absolute atomic E-state index is 13.9. The zero-order valence-corrected chi connectivity index (χ0v) is 39.6. The zero-order valence-electron chi connectivity index (χ0n) is 38.8. The summed E-state index contributed by atoms with van der Waals surface area (Å²) in [5, 5.41) is 7.53. The van der Waals surface area contributed by atoms with Crippen LogP contribution in [0.1, 0.15) is 65.2 Å². The van der Waals surface area contributed by atoms with Crippen molar-refractivity contribution in [3.05, 3.63) is 97.0 Å². The molecule has 2 aliphatic heterocycles. The molecule has 4 N–H and O–H groups in total. The van der Waals surface area contributed by atoms with Crippen LogP contribution in [0.25, 0.3) is 39.5 Å². The number of amides is 5. The summed E-state index contributed by atoms with van der Waals surface area (Å²) >= 11 is 0. The Morgan fingerprint density at radius 1 is 0.681 bits per heavy atom. The SMILES string of the molecule is COC(=O)N[C@H](C(=O)NC(=O)[C@@H]1CCCN1c1ccc(-c2ccc(-c3ccc(-c4cnc([C@@H]5CCCN5C(=O)[C@@H](NC(=O)OC)C(C)C)[nH]4)cc3)n2-c2ccc(S(F)(F)(F)(F)F)cc2)cc1)C(C)C. The van der Waals surface area contributed by atoms with Crippen molar-refractivity contribution >= 4 is 45.8 Å². The van der Waals surface area contributed by atoms with Crippen LogP contribution < -0.4 is 20.9 Å². The van der Waals surface area contributed by atoms with Gasteiger partial charge in [-0.1, -0.05) is 83.5 Å². The van der Waals surface area contributed by atoms with E-state index in [4.69, 9.17) is 4.74 Å². The lowest BCUT2D eigenvalue weighted by Crippen LogP contribution is -2.54. The fourth-order valence-corrected chi connectivity index (χ4v) is 9.51. The number of carbonyl (C=O) groups excluding carboxylic acids is 5. The number of benzene rings is 3. The largest absolute Gasteiger partial charge is 0.453 e. The molecule has 2 aromatic heterocycles. The number of aromatic amines is 1. The predicted octanol–water partition coefficient (Wildman–Crippen LogP) is 9.90. The van der Waals surface area contributed by atoms with Gasteiger partial charge in [0.2, 0.25) is 17.7 Å². The number of aromatic nitrogens is 3. The van der Waals surface area contributed by atoms with E-state index in [1.54, 1.807) is 65.9 Å². The average molecular weight is 983 g/mol. The molecular weight excluding hydrogens is 928 g/mol. The van der Waals surface area contributed by atoms with Crippen molar-refractivity contribution in [1.82, 2.24) is 35.4 Å². The molecule has 2 saturated heterocycles. The van der Waals surface area contributed by atoms with Crippen molar-refractivity contribution < 1.29 is 52.9 Å². The number of alkyl carbamates (subject to hydrolysis) is 2. The molecule has 69 heavy (non-hydrogen) atoms. The van der Waals surface area contributed by atoms with Crippen molar-refractivity contribution in [3.8, 4) is 39.5 Å². The van der Waals surface area contributed by atoms with Crippen LogP contribution in [0.15, 0.2) is 96.0 Å². The molecule has 0 unspecified atom stereocenters. The van der Waals surface area contributed by atoms with Gasteiger partial charge in [-0.15, -0.1) is 0 Å². The number of anilines is 1. The first kappa shape index (κ1) is 50.0. The van der Waals surface area contributed by atoms with Gasteiger partial charge < -0.3 is 39.5 Å². The van der Waals surface area contributed by atoms with Gasteiger partial charge in [0.05, 0.1) is 43.5 Å². The monoisotopic (exact) mass is 982 g/mol. The molecule has 4 heterocycles. The number of hydrogen-bond acceptors (Lipinski definition) is 9. The lowest BCUT2D eigenvalue weighted by atomic mass is 10.0. The number of imidazole rings is 1. The van der Waals surface area contributed by atoms with Gasteiger partial charge in [0, 0.05) is 24.5 Å². The van der Waals surface area contributed by atoms with Crippen molar-refractivity contribution in [1.29, 1.82) is 0 Å². The summed E-state index contributed by atoms with van der Waals surface area (Å²) in [5.74, 6) is -1.43. The normalized spacial score (nSPS) is 18.0. The molecule has 0 bridgehead atoms. The lowest BCUT2D eigenvalue weighted by molar-refractivity contribution is -0.135. The molecule has 0 saturated carbocycles. The number of carbonyl (C=O) groups is 5. The maximum atomic E-state index is 13.9. The zero-order chi connectivity index (χ0) is 50.1. The molecule has 0 aliphatic carbocycles. The number of likely N-dealkylation sites (tertiary alicyclic amines) is 1. The topological polar surface area (TPSA) is 180 Å². The highest BCUT2D eigenvalue weighted by Gasteiger charge is 2.65. The summed E-state index contributed by atoms with van der Waals surface area (Å²) in [5.41, 5.74) is 4.57. The van der Waals surface area contributed by atoms with Crippen LogP contribution in [0.5, 0.6) is 0 Å². The minimum absolute atomic E-state index is 0.182. The Kier molecular flexibility index (Phi) is 13.7. The van der Waals surface area contributed by atoms with Gasteiger partial charge in [-0.2, -0.15) is 0 Å². The Hall–Kier alpha value is -6.90. The second-order valence-corrected chi connectivity index (χ2v) is 20.2. The summed E-state index contributed by atoms with van der Waals surface area (Å²) in [4.78, 5) is 73.6. The van der Waals surface area contributed by atoms with Crippen molar-refractivity contribution in [2.24, 2.45) is 11.8 Å². The third-order valence-electron chi connectivity index (χ3n) is 12.5. The van der Waals surface area contributed by atoms with Crippen LogP contribution >= 0.6 is 10.2 Å². The fraction of sp³-hybridized carbons (Fsp3) is 0.375. The lowest BCUT2D eigenvalue weighted by Gasteiger charge is -2.40. The number of nitrogens with one attached hydrogen (secondary N) is 4. The summed E-state index contributed by atoms with van der Waals surface area (Å²) in [7, 11) is -7.58. The van der Waals surface area contributed by atoms with E-state index in [0.29, 0.717) is 84.2 Å². The van der Waals surface area contributed by atoms with Crippen LogP contribution in [0.2, 0.25) is 0 Å². The molecule has 4 atom stereocenters. The summed E-state index contributed by atoms with van der Waals surface area (Å²) in [6, 6.07) is 17.8. The number of rotatable bonds is 14. The number of hydrogen-bond donors (Lipinski definition) is 4. The molecule has 5 aromatic rings. The predicted molar refractivity (Wildman–Crippen MR) is 251 cm³/mol. The highest BCUT2D eigenvalue weighted by molar-refractivity contribution is 8.45. The van der Waals surface area contributed by atoms with E-state index in [2.05, 4.69) is 30.7 Å². The van der Waals surface area contributed by atoms with Crippen molar-refractivity contribution in [2.45, 2.75) is 82.4 Å². The second kappa shape index (κ2) is 18.9. The van der Waals surface area contributed by atoms with Crippen molar-refractivity contribution in [3.63, 3.8) is 0 Å². The molecule has 2 aliphatic rings. The van der Waals surface area contributed by atoms with Crippen molar-refractivity contribution in [2.75, 3.05) is 32.2 Å². The third kappa shape index (κ3) is 11.0. The molecule has 21 heteroatoms. The Morgan fingerprint density at radius 2 is 1.20 bits per heavy atom. The molecule has 7 rings (SSSR count). The maximum Gasteiger partial charge on any atom is 0.407 e. The first-order valence-corrected chi connectivity index (χ1v) is 24.4. The molecule has 15 nitrogen and oxygen atoms in total. The number of halogens is 5. The van der Waals surface area contributed by atoms with Crippen LogP contribution in [-0.4, -0.2) is 94.8 Å². The van der Waals surface area contributed by atoms with E-state index in [1.165, 1.54) is 14.2 Å². The molecule has 0 radical (unpaired) electrons. The minimum Gasteiger partial charge on any atom is -0.453 e. The summed E-state index contributed by atoms with van der Waals surface area (Å²) in [6.07, 6.45) is 2.64. The van der Waals surface area contributed by atoms with E-state index in [0.717, 1.165) is 24.1 Å². The van der Waals surface area contributed by atoms with Crippen LogP contribution in [0.4, 0.5) is 34.7 Å². The molecule has 3 aromatic carbocycles. The van der Waals surface area contributed by atoms with E-state index in [1.807, 2.05) is 43.0 Å². The average Bonchev–Trinajstić information content (AvgIpc) is 4.16. The fourth-order valence-electron chi connectivity index (χ4n) is 8.86. The van der Waals surface area contributed by atoms with Gasteiger partial charge >= 0.3 is 22.4 Å². The number of imide groups is 1. The first-order valence-electron chi connectivity index (χ1n) is 22.4. The molecule has 370 valence electrons. The third-order valence-corrected chi connectivity index (χ3v) is 13.6. The number of methoxy groups -OCH3 is 2. The van der Waals surface area contributed by atoms with Gasteiger partial charge in [0.25, 0.3) is 0 Å². The van der Waals surface area contributed by atoms with Crippen LogP contribution in [0.3, 0.4) is 0 Å².